The van der Waals surface area contributed by atoms with Crippen molar-refractivity contribution in [2.75, 3.05) is 10.2 Å². The molecule has 0 fully saturated rings. The minimum absolute atomic E-state index is 0.127. The first-order chi connectivity index (χ1) is 9.75. The van der Waals surface area contributed by atoms with Crippen molar-refractivity contribution in [3.63, 3.8) is 0 Å². The molecule has 0 saturated heterocycles. The number of hydrogen-bond donors (Lipinski definition) is 1. The second kappa shape index (κ2) is 4.05. The number of amides is 2. The monoisotopic (exact) mass is 281 g/mol. The van der Waals surface area contributed by atoms with Crippen molar-refractivity contribution in [1.29, 1.82) is 0 Å². The van der Waals surface area contributed by atoms with Crippen LogP contribution in [0.2, 0.25) is 0 Å². The first kappa shape index (κ1) is 11.4. The minimum Gasteiger partial charge on any atom is -0.306 e. The summed E-state index contributed by atoms with van der Waals surface area (Å²) in [5.41, 5.74) is 3.70. The van der Waals surface area contributed by atoms with Gasteiger partial charge in [-0.05, 0) is 24.6 Å². The fraction of sp³-hybridized carbons (Fsp3) is 0.0667. The van der Waals surface area contributed by atoms with E-state index in [1.54, 1.807) is 22.4 Å². The minimum atomic E-state index is -0.127. The molecule has 98 valence electrons. The maximum Gasteiger partial charge on any atom is 0.331 e. The van der Waals surface area contributed by atoms with Crippen LogP contribution in [0.5, 0.6) is 0 Å². The molecule has 20 heavy (non-hydrogen) atoms. The van der Waals surface area contributed by atoms with Crippen LogP contribution in [0.15, 0.2) is 41.9 Å². The molecule has 1 N–H and O–H groups in total. The zero-order valence-electron chi connectivity index (χ0n) is 10.8. The summed E-state index contributed by atoms with van der Waals surface area (Å²) in [6, 6.07) is 9.64. The summed E-state index contributed by atoms with van der Waals surface area (Å²) in [6.45, 7) is 2.00. The Bertz CT molecular complexity index is 840. The normalized spacial score (nSPS) is 13.7. The number of hydrogen-bond acceptors (Lipinski definition) is 3. The van der Waals surface area contributed by atoms with Gasteiger partial charge in [-0.2, -0.15) is 0 Å². The number of nitrogens with zero attached hydrogens (tertiary/aromatic N) is 2. The first-order valence-electron chi connectivity index (χ1n) is 6.28. The molecule has 2 aromatic heterocycles. The number of aryl methyl sites for hydroxylation is 1. The molecule has 4 nitrogen and oxygen atoms in total. The van der Waals surface area contributed by atoms with Crippen molar-refractivity contribution in [2.24, 2.45) is 0 Å². The molecule has 0 radical (unpaired) electrons. The Balaban J connectivity index is 2.03. The molecule has 1 aliphatic rings. The van der Waals surface area contributed by atoms with Crippen molar-refractivity contribution in [2.45, 2.75) is 6.92 Å². The average molecular weight is 281 g/mol. The van der Waals surface area contributed by atoms with E-state index in [1.165, 1.54) is 0 Å². The summed E-state index contributed by atoms with van der Waals surface area (Å²) in [5.74, 6) is 0. The second-order valence-electron chi connectivity index (χ2n) is 4.71. The van der Waals surface area contributed by atoms with Crippen LogP contribution in [0, 0.1) is 6.92 Å². The van der Waals surface area contributed by atoms with Gasteiger partial charge in [-0.25, -0.2) is 9.78 Å². The van der Waals surface area contributed by atoms with Gasteiger partial charge in [0.05, 0.1) is 22.4 Å². The van der Waals surface area contributed by atoms with E-state index in [1.807, 2.05) is 42.6 Å². The van der Waals surface area contributed by atoms with E-state index in [9.17, 15) is 4.79 Å². The van der Waals surface area contributed by atoms with Crippen LogP contribution in [0.4, 0.5) is 21.9 Å². The maximum atomic E-state index is 12.4. The zero-order valence-corrected chi connectivity index (χ0v) is 11.6. The van der Waals surface area contributed by atoms with E-state index in [4.69, 9.17) is 0 Å². The van der Waals surface area contributed by atoms with Crippen molar-refractivity contribution < 1.29 is 4.79 Å². The van der Waals surface area contributed by atoms with Crippen LogP contribution in [-0.2, 0) is 0 Å². The quantitative estimate of drug-likeness (QED) is 0.723. The third kappa shape index (κ3) is 1.47. The van der Waals surface area contributed by atoms with E-state index in [2.05, 4.69) is 10.3 Å². The summed E-state index contributed by atoms with van der Waals surface area (Å²) in [6.07, 6.45) is 1.75. The Morgan fingerprint density at radius 2 is 2.05 bits per heavy atom. The Hall–Kier alpha value is -2.40. The van der Waals surface area contributed by atoms with Gasteiger partial charge in [-0.1, -0.05) is 18.2 Å². The standard InChI is InChI=1S/C15H11N3OS/c1-9-4-2-3-5-11(9)18-12-6-7-16-14-13(12)10(8-20-14)17-15(18)19/h2-8H,1H3,(H,17,19). The lowest BCUT2D eigenvalue weighted by Gasteiger charge is -2.29. The molecular weight excluding hydrogens is 270 g/mol. The van der Waals surface area contributed by atoms with Crippen molar-refractivity contribution in [3.8, 4) is 0 Å². The number of carbonyl (C=O) groups is 1. The molecule has 2 amide bonds. The summed E-state index contributed by atoms with van der Waals surface area (Å²) in [5, 5.41) is 5.89. The number of aromatic nitrogens is 1. The largest absolute Gasteiger partial charge is 0.331 e. The van der Waals surface area contributed by atoms with Gasteiger partial charge in [0, 0.05) is 11.6 Å². The number of benzene rings is 1. The van der Waals surface area contributed by atoms with Gasteiger partial charge in [0.2, 0.25) is 0 Å². The maximum absolute atomic E-state index is 12.4. The number of thiophene rings is 1. The number of urea groups is 1. The third-order valence-corrected chi connectivity index (χ3v) is 4.38. The van der Waals surface area contributed by atoms with Crippen LogP contribution >= 0.6 is 11.3 Å². The number of anilines is 3. The van der Waals surface area contributed by atoms with Gasteiger partial charge in [-0.3, -0.25) is 4.90 Å². The zero-order chi connectivity index (χ0) is 13.7. The molecule has 4 rings (SSSR count). The summed E-state index contributed by atoms with van der Waals surface area (Å²) in [4.78, 5) is 19.5. The Morgan fingerprint density at radius 1 is 1.20 bits per heavy atom. The average Bonchev–Trinajstić information content (AvgIpc) is 2.85. The van der Waals surface area contributed by atoms with Crippen LogP contribution in [0.3, 0.4) is 0 Å². The smallest absolute Gasteiger partial charge is 0.306 e. The summed E-state index contributed by atoms with van der Waals surface area (Å²) < 4.78 is 0. The fourth-order valence-corrected chi connectivity index (χ4v) is 3.42. The second-order valence-corrected chi connectivity index (χ2v) is 5.57. The number of rotatable bonds is 1. The van der Waals surface area contributed by atoms with Gasteiger partial charge >= 0.3 is 6.03 Å². The van der Waals surface area contributed by atoms with E-state index in [0.29, 0.717) is 0 Å². The molecule has 1 aliphatic heterocycles. The third-order valence-electron chi connectivity index (χ3n) is 3.49. The Kier molecular flexibility index (Phi) is 2.31. The Morgan fingerprint density at radius 3 is 2.90 bits per heavy atom. The highest BCUT2D eigenvalue weighted by Crippen LogP contribution is 2.43. The van der Waals surface area contributed by atoms with Crippen molar-refractivity contribution in [1.82, 2.24) is 4.98 Å². The van der Waals surface area contributed by atoms with Crippen LogP contribution < -0.4 is 10.2 Å². The molecule has 0 spiro atoms. The fourth-order valence-electron chi connectivity index (χ4n) is 2.56. The highest BCUT2D eigenvalue weighted by Gasteiger charge is 2.28. The van der Waals surface area contributed by atoms with Gasteiger partial charge in [0.1, 0.15) is 4.83 Å². The lowest BCUT2D eigenvalue weighted by molar-refractivity contribution is 0.259. The van der Waals surface area contributed by atoms with Crippen LogP contribution in [0.25, 0.3) is 10.2 Å². The van der Waals surface area contributed by atoms with Crippen LogP contribution in [0.1, 0.15) is 5.56 Å². The van der Waals surface area contributed by atoms with E-state index in [0.717, 1.165) is 32.8 Å². The highest BCUT2D eigenvalue weighted by molar-refractivity contribution is 7.17. The van der Waals surface area contributed by atoms with Crippen LogP contribution in [-0.4, -0.2) is 11.0 Å². The molecule has 0 saturated carbocycles. The molecule has 0 aliphatic carbocycles. The van der Waals surface area contributed by atoms with Gasteiger partial charge in [0.15, 0.2) is 0 Å². The number of carbonyl (C=O) groups excluding carboxylic acids is 1. The number of para-hydroxylation sites is 1. The first-order valence-corrected chi connectivity index (χ1v) is 7.16. The van der Waals surface area contributed by atoms with Gasteiger partial charge in [-0.15, -0.1) is 11.3 Å². The lowest BCUT2D eigenvalue weighted by Crippen LogP contribution is -2.34. The molecule has 1 aromatic carbocycles. The SMILES string of the molecule is Cc1ccccc1N1C(=O)Nc2csc3nccc1c23. The molecular formula is C15H11N3OS. The number of pyridine rings is 1. The number of nitrogens with one attached hydrogen (secondary N) is 1. The molecule has 5 heteroatoms. The van der Waals surface area contributed by atoms with Gasteiger partial charge < -0.3 is 5.32 Å². The van der Waals surface area contributed by atoms with E-state index in [-0.39, 0.29) is 6.03 Å². The lowest BCUT2D eigenvalue weighted by atomic mass is 10.1. The Labute approximate surface area is 119 Å². The predicted molar refractivity (Wildman–Crippen MR) is 82.0 cm³/mol. The van der Waals surface area contributed by atoms with Crippen molar-refractivity contribution in [3.05, 3.63) is 47.5 Å². The predicted octanol–water partition coefficient (Wildman–Crippen LogP) is 4.29. The molecule has 3 aromatic rings. The molecule has 0 unspecified atom stereocenters. The highest BCUT2D eigenvalue weighted by atomic mass is 32.1. The summed E-state index contributed by atoms with van der Waals surface area (Å²) >= 11 is 1.54. The van der Waals surface area contributed by atoms with E-state index >= 15 is 0 Å². The molecule has 3 heterocycles. The van der Waals surface area contributed by atoms with Crippen molar-refractivity contribution >= 4 is 44.6 Å². The summed E-state index contributed by atoms with van der Waals surface area (Å²) in [7, 11) is 0. The van der Waals surface area contributed by atoms with E-state index < -0.39 is 0 Å². The molecule has 0 atom stereocenters. The topological polar surface area (TPSA) is 45.2 Å². The van der Waals surface area contributed by atoms with Gasteiger partial charge in [0.25, 0.3) is 0 Å². The molecule has 0 bridgehead atoms.